The fourth-order valence-corrected chi connectivity index (χ4v) is 0.848. The zero-order valence-electron chi connectivity index (χ0n) is 8.57. The van der Waals surface area contributed by atoms with Crippen molar-refractivity contribution in [3.63, 3.8) is 0 Å². The summed E-state index contributed by atoms with van der Waals surface area (Å²) in [6, 6.07) is 0. The molecule has 0 saturated heterocycles. The Balaban J connectivity index is 5.06. The van der Waals surface area contributed by atoms with E-state index in [-0.39, 0.29) is 5.78 Å². The van der Waals surface area contributed by atoms with Crippen LogP contribution in [-0.2, 0) is 4.79 Å². The van der Waals surface area contributed by atoms with E-state index in [2.05, 4.69) is 6.58 Å². The monoisotopic (exact) mass is 182 g/mol. The number of ketones is 1. The van der Waals surface area contributed by atoms with Crippen LogP contribution >= 0.6 is 0 Å². The Bertz CT molecular complexity index is 291. The van der Waals surface area contributed by atoms with Gasteiger partial charge in [0, 0.05) is 5.57 Å². The molecule has 0 aliphatic rings. The molecule has 0 radical (unpaired) electrons. The van der Waals surface area contributed by atoms with Crippen LogP contribution in [0.3, 0.4) is 0 Å². The number of Topliss-reactive ketones (excluding diaryl/α,β-unsaturated/α-hetero) is 1. The van der Waals surface area contributed by atoms with E-state index < -0.39 is 5.83 Å². The summed E-state index contributed by atoms with van der Waals surface area (Å²) in [6.07, 6.45) is 1.24. The highest BCUT2D eigenvalue weighted by Crippen LogP contribution is 2.15. The molecule has 0 amide bonds. The Hall–Kier alpha value is -1.18. The third-order valence-electron chi connectivity index (χ3n) is 1.60. The van der Waals surface area contributed by atoms with Gasteiger partial charge >= 0.3 is 0 Å². The molecule has 0 aromatic rings. The van der Waals surface area contributed by atoms with Crippen LogP contribution in [0.15, 0.2) is 35.2 Å². The molecule has 72 valence electrons. The normalized spacial score (nSPS) is 11.0. The minimum absolute atomic E-state index is 0.128. The maximum absolute atomic E-state index is 13.1. The summed E-state index contributed by atoms with van der Waals surface area (Å²) in [4.78, 5) is 11.0. The molecule has 0 aromatic carbocycles. The second kappa shape index (κ2) is 4.75. The number of allylic oxidation sites excluding steroid dienone is 5. The lowest BCUT2D eigenvalue weighted by molar-refractivity contribution is -0.113. The van der Waals surface area contributed by atoms with Crippen molar-refractivity contribution in [3.05, 3.63) is 35.2 Å². The molecule has 0 rings (SSSR count). The number of hydrogen-bond acceptors (Lipinski definition) is 1. The van der Waals surface area contributed by atoms with Crippen molar-refractivity contribution in [2.24, 2.45) is 0 Å². The van der Waals surface area contributed by atoms with Crippen molar-refractivity contribution in [2.45, 2.75) is 27.7 Å². The van der Waals surface area contributed by atoms with E-state index >= 15 is 0 Å². The maximum Gasteiger partial charge on any atom is 0.159 e. The van der Waals surface area contributed by atoms with Crippen LogP contribution in [-0.4, -0.2) is 5.78 Å². The van der Waals surface area contributed by atoms with Crippen LogP contribution in [0.5, 0.6) is 0 Å². The van der Waals surface area contributed by atoms with E-state index in [1.165, 1.54) is 13.0 Å². The molecule has 13 heavy (non-hydrogen) atoms. The molecule has 1 nitrogen and oxygen atoms in total. The maximum atomic E-state index is 13.1. The Labute approximate surface area is 78.6 Å². The van der Waals surface area contributed by atoms with Crippen molar-refractivity contribution in [1.29, 1.82) is 0 Å². The summed E-state index contributed by atoms with van der Waals surface area (Å²) < 4.78 is 13.1. The summed E-state index contributed by atoms with van der Waals surface area (Å²) >= 11 is 0. The molecule has 2 heteroatoms. The van der Waals surface area contributed by atoms with Gasteiger partial charge in [0.1, 0.15) is 5.83 Å². The third-order valence-corrected chi connectivity index (χ3v) is 1.60. The molecule has 0 unspecified atom stereocenters. The van der Waals surface area contributed by atoms with Crippen LogP contribution in [0.1, 0.15) is 27.7 Å². The van der Waals surface area contributed by atoms with Crippen LogP contribution in [0.2, 0.25) is 0 Å². The Morgan fingerprint density at radius 2 is 1.69 bits per heavy atom. The average molecular weight is 182 g/mol. The average Bonchev–Trinajstić information content (AvgIpc) is 1.97. The van der Waals surface area contributed by atoms with E-state index in [9.17, 15) is 9.18 Å². The topological polar surface area (TPSA) is 17.1 Å². The molecule has 0 fully saturated rings. The van der Waals surface area contributed by atoms with Gasteiger partial charge in [-0.15, -0.1) is 0 Å². The number of rotatable bonds is 3. The lowest BCUT2D eigenvalue weighted by atomic mass is 10.1. The minimum Gasteiger partial charge on any atom is -0.295 e. The molecular weight excluding hydrogens is 167 g/mol. The zero-order valence-corrected chi connectivity index (χ0v) is 8.57. The Kier molecular flexibility index (Phi) is 4.32. The van der Waals surface area contributed by atoms with Gasteiger partial charge in [-0.3, -0.25) is 4.79 Å². The van der Waals surface area contributed by atoms with Gasteiger partial charge in [-0.1, -0.05) is 12.2 Å². The van der Waals surface area contributed by atoms with E-state index in [0.29, 0.717) is 11.1 Å². The largest absolute Gasteiger partial charge is 0.295 e. The molecule has 0 spiro atoms. The first kappa shape index (κ1) is 11.8. The number of hydrogen-bond donors (Lipinski definition) is 0. The van der Waals surface area contributed by atoms with E-state index in [4.69, 9.17) is 0 Å². The summed E-state index contributed by atoms with van der Waals surface area (Å²) in [6.45, 7) is 9.99. The smallest absolute Gasteiger partial charge is 0.159 e. The van der Waals surface area contributed by atoms with Gasteiger partial charge < -0.3 is 0 Å². The molecule has 0 aromatic heterocycles. The van der Waals surface area contributed by atoms with Gasteiger partial charge in [-0.25, -0.2) is 4.39 Å². The SMILES string of the molecule is C=C(C)/C(F)=C\C(C(C)=O)=C(C)C. The van der Waals surface area contributed by atoms with E-state index in [1.807, 2.05) is 0 Å². The summed E-state index contributed by atoms with van der Waals surface area (Å²) in [7, 11) is 0. The number of halogens is 1. The van der Waals surface area contributed by atoms with Crippen LogP contribution in [0.25, 0.3) is 0 Å². The molecule has 0 bridgehead atoms. The van der Waals surface area contributed by atoms with Crippen molar-refractivity contribution in [1.82, 2.24) is 0 Å². The van der Waals surface area contributed by atoms with Gasteiger partial charge in [0.05, 0.1) is 0 Å². The van der Waals surface area contributed by atoms with Gasteiger partial charge in [-0.2, -0.15) is 0 Å². The Morgan fingerprint density at radius 3 is 1.92 bits per heavy atom. The van der Waals surface area contributed by atoms with Gasteiger partial charge in [0.2, 0.25) is 0 Å². The third kappa shape index (κ3) is 3.83. The standard InChI is InChI=1S/C11H15FO/c1-7(2)10(9(5)13)6-11(12)8(3)4/h6H,3H2,1-2,4-5H3/b11-6+. The van der Waals surface area contributed by atoms with E-state index in [0.717, 1.165) is 5.57 Å². The summed E-state index contributed by atoms with van der Waals surface area (Å²) in [5.41, 5.74) is 1.56. The second-order valence-corrected chi connectivity index (χ2v) is 3.24. The van der Waals surface area contributed by atoms with Crippen LogP contribution < -0.4 is 0 Å². The highest BCUT2D eigenvalue weighted by atomic mass is 19.1. The van der Waals surface area contributed by atoms with Crippen molar-refractivity contribution >= 4 is 5.78 Å². The fourth-order valence-electron chi connectivity index (χ4n) is 0.848. The minimum atomic E-state index is -0.439. The van der Waals surface area contributed by atoms with Crippen LogP contribution in [0, 0.1) is 0 Å². The molecule has 0 atom stereocenters. The fraction of sp³-hybridized carbons (Fsp3) is 0.364. The first-order valence-electron chi connectivity index (χ1n) is 4.07. The molecule has 0 saturated carbocycles. The van der Waals surface area contributed by atoms with Gasteiger partial charge in [0.25, 0.3) is 0 Å². The van der Waals surface area contributed by atoms with Gasteiger partial charge in [-0.05, 0) is 39.3 Å². The summed E-state index contributed by atoms with van der Waals surface area (Å²) in [5.74, 6) is -0.567. The lowest BCUT2D eigenvalue weighted by Crippen LogP contribution is -1.96. The summed E-state index contributed by atoms with van der Waals surface area (Å²) in [5, 5.41) is 0. The number of carbonyl (C=O) groups excluding carboxylic acids is 1. The van der Waals surface area contributed by atoms with Gasteiger partial charge in [0.15, 0.2) is 5.78 Å². The highest BCUT2D eigenvalue weighted by molar-refractivity contribution is 5.96. The number of carbonyl (C=O) groups is 1. The molecule has 0 heterocycles. The predicted octanol–water partition coefficient (Wildman–Crippen LogP) is 3.34. The van der Waals surface area contributed by atoms with Crippen molar-refractivity contribution < 1.29 is 9.18 Å². The van der Waals surface area contributed by atoms with Crippen molar-refractivity contribution in [3.8, 4) is 0 Å². The molecule has 0 aliphatic carbocycles. The van der Waals surface area contributed by atoms with Crippen molar-refractivity contribution in [2.75, 3.05) is 0 Å². The zero-order chi connectivity index (χ0) is 10.6. The predicted molar refractivity (Wildman–Crippen MR) is 53.1 cm³/mol. The lowest BCUT2D eigenvalue weighted by Gasteiger charge is -2.00. The Morgan fingerprint density at radius 1 is 1.23 bits per heavy atom. The molecule has 0 N–H and O–H groups in total. The molecular formula is C11H15FO. The van der Waals surface area contributed by atoms with E-state index in [1.54, 1.807) is 20.8 Å². The highest BCUT2D eigenvalue weighted by Gasteiger charge is 2.05. The first-order chi connectivity index (χ1) is 5.86. The first-order valence-corrected chi connectivity index (χ1v) is 4.07. The molecule has 0 aliphatic heterocycles. The van der Waals surface area contributed by atoms with Crippen LogP contribution in [0.4, 0.5) is 4.39 Å². The quantitative estimate of drug-likeness (QED) is 0.483. The second-order valence-electron chi connectivity index (χ2n) is 3.24.